The first kappa shape index (κ1) is 15.2. The minimum absolute atomic E-state index is 0.243. The van der Waals surface area contributed by atoms with E-state index in [9.17, 15) is 9.18 Å². The monoisotopic (exact) mass is 313 g/mol. The maximum atomic E-state index is 13.5. The quantitative estimate of drug-likeness (QED) is 0.806. The number of halogens is 1. The van der Waals surface area contributed by atoms with E-state index in [-0.39, 0.29) is 17.8 Å². The number of carbonyl (C=O) groups is 1. The van der Waals surface area contributed by atoms with Gasteiger partial charge in [-0.15, -0.1) is 0 Å². The van der Waals surface area contributed by atoms with Crippen molar-refractivity contribution in [3.05, 3.63) is 70.8 Å². The number of carbonyl (C=O) groups excluding carboxylic acids is 1. The fourth-order valence-electron chi connectivity index (χ4n) is 2.73. The van der Waals surface area contributed by atoms with Crippen molar-refractivity contribution < 1.29 is 18.7 Å². The van der Waals surface area contributed by atoms with E-state index < -0.39 is 0 Å². The fraction of sp³-hybridized carbons (Fsp3) is 0.222. The molecule has 0 radical (unpaired) electrons. The topological polar surface area (TPSA) is 47.9 Å². The molecule has 1 heterocycles. The minimum Gasteiger partial charge on any atom is -0.496 e. The van der Waals surface area contributed by atoms with Crippen molar-refractivity contribution in [3.8, 4) is 0 Å². The standard InChI is InChI=1S/C18H16FNO3/c1-22-17-10-15(11-4-3-5-13(19)8-11)20-16-9-12(18(21)23-2)6-7-14(16)17/h3-8,10,16H,9H2,1-2H3. The molecule has 0 saturated heterocycles. The van der Waals surface area contributed by atoms with E-state index in [4.69, 9.17) is 9.47 Å². The second-order valence-corrected chi connectivity index (χ2v) is 5.26. The average molecular weight is 313 g/mol. The van der Waals surface area contributed by atoms with Crippen LogP contribution >= 0.6 is 0 Å². The van der Waals surface area contributed by atoms with Crippen LogP contribution in [0.1, 0.15) is 12.0 Å². The van der Waals surface area contributed by atoms with Crippen molar-refractivity contribution in [1.29, 1.82) is 0 Å². The van der Waals surface area contributed by atoms with Gasteiger partial charge in [-0.2, -0.15) is 0 Å². The highest BCUT2D eigenvalue weighted by Crippen LogP contribution is 2.32. The van der Waals surface area contributed by atoms with Gasteiger partial charge in [-0.3, -0.25) is 4.99 Å². The van der Waals surface area contributed by atoms with Gasteiger partial charge in [0, 0.05) is 29.2 Å². The van der Waals surface area contributed by atoms with Gasteiger partial charge in [-0.1, -0.05) is 24.3 Å². The highest BCUT2D eigenvalue weighted by atomic mass is 19.1. The van der Waals surface area contributed by atoms with Crippen molar-refractivity contribution in [2.24, 2.45) is 4.99 Å². The third-order valence-corrected chi connectivity index (χ3v) is 3.87. The first-order valence-corrected chi connectivity index (χ1v) is 7.21. The molecule has 1 aliphatic carbocycles. The Balaban J connectivity index is 2.00. The second-order valence-electron chi connectivity index (χ2n) is 5.26. The zero-order valence-corrected chi connectivity index (χ0v) is 12.9. The summed E-state index contributed by atoms with van der Waals surface area (Å²) in [7, 11) is 2.93. The molecule has 1 unspecified atom stereocenters. The Morgan fingerprint density at radius 2 is 2.13 bits per heavy atom. The number of aliphatic imine (C=N–C) groups is 1. The van der Waals surface area contributed by atoms with Crippen LogP contribution in [-0.2, 0) is 14.3 Å². The van der Waals surface area contributed by atoms with Crippen molar-refractivity contribution in [2.75, 3.05) is 14.2 Å². The van der Waals surface area contributed by atoms with Crippen LogP contribution in [-0.4, -0.2) is 31.9 Å². The van der Waals surface area contributed by atoms with Crippen molar-refractivity contribution >= 4 is 11.7 Å². The van der Waals surface area contributed by atoms with E-state index in [2.05, 4.69) is 4.99 Å². The maximum absolute atomic E-state index is 13.5. The highest BCUT2D eigenvalue weighted by Gasteiger charge is 2.29. The zero-order chi connectivity index (χ0) is 16.4. The normalized spacial score (nSPS) is 19.7. The van der Waals surface area contributed by atoms with E-state index in [0.29, 0.717) is 29.0 Å². The fourth-order valence-corrected chi connectivity index (χ4v) is 2.73. The molecule has 0 aromatic heterocycles. The lowest BCUT2D eigenvalue weighted by atomic mass is 9.89. The van der Waals surface area contributed by atoms with Crippen LogP contribution in [0.5, 0.6) is 0 Å². The summed E-state index contributed by atoms with van der Waals surface area (Å²) >= 11 is 0. The number of allylic oxidation sites excluding steroid dienone is 3. The van der Waals surface area contributed by atoms with E-state index >= 15 is 0 Å². The molecule has 0 fully saturated rings. The number of esters is 1. The first-order valence-electron chi connectivity index (χ1n) is 7.21. The van der Waals surface area contributed by atoms with Gasteiger partial charge in [0.25, 0.3) is 0 Å². The number of hydrogen-bond acceptors (Lipinski definition) is 4. The number of methoxy groups -OCH3 is 2. The number of rotatable bonds is 3. The van der Waals surface area contributed by atoms with Crippen molar-refractivity contribution in [2.45, 2.75) is 12.5 Å². The number of nitrogens with zero attached hydrogens (tertiary/aromatic N) is 1. The number of ether oxygens (including phenoxy) is 2. The number of benzene rings is 1. The summed E-state index contributed by atoms with van der Waals surface area (Å²) in [4.78, 5) is 16.4. The molecule has 0 spiro atoms. The Morgan fingerprint density at radius 1 is 1.30 bits per heavy atom. The van der Waals surface area contributed by atoms with Crippen LogP contribution in [0.15, 0.2) is 64.4 Å². The van der Waals surface area contributed by atoms with Gasteiger partial charge in [0.15, 0.2) is 0 Å². The number of hydrogen-bond donors (Lipinski definition) is 0. The summed E-state index contributed by atoms with van der Waals surface area (Å²) in [5.41, 5.74) is 2.77. The smallest absolute Gasteiger partial charge is 0.333 e. The third-order valence-electron chi connectivity index (χ3n) is 3.87. The Hall–Kier alpha value is -2.69. The Labute approximate surface area is 133 Å². The molecule has 4 nitrogen and oxygen atoms in total. The summed E-state index contributed by atoms with van der Waals surface area (Å²) in [5, 5.41) is 0. The first-order chi connectivity index (χ1) is 11.1. The van der Waals surface area contributed by atoms with Gasteiger partial charge in [0.1, 0.15) is 11.6 Å². The Kier molecular flexibility index (Phi) is 4.10. The Morgan fingerprint density at radius 3 is 2.83 bits per heavy atom. The highest BCUT2D eigenvalue weighted by molar-refractivity contribution is 6.10. The zero-order valence-electron chi connectivity index (χ0n) is 12.9. The lowest BCUT2D eigenvalue weighted by molar-refractivity contribution is -0.136. The van der Waals surface area contributed by atoms with Gasteiger partial charge in [0.2, 0.25) is 0 Å². The molecule has 1 aliphatic heterocycles. The van der Waals surface area contributed by atoms with Gasteiger partial charge in [-0.05, 0) is 12.1 Å². The molecule has 1 aromatic carbocycles. The summed E-state index contributed by atoms with van der Waals surface area (Å²) in [6, 6.07) is 6.00. The van der Waals surface area contributed by atoms with Crippen molar-refractivity contribution in [3.63, 3.8) is 0 Å². The molecule has 5 heteroatoms. The SMILES string of the molecule is COC(=O)C1=CC=C2C(OC)=CC(c3cccc(F)c3)=NC2C1. The summed E-state index contributed by atoms with van der Waals surface area (Å²) in [6.45, 7) is 0. The number of dihydropyridines is 1. The average Bonchev–Trinajstić information content (AvgIpc) is 2.59. The molecule has 0 amide bonds. The van der Waals surface area contributed by atoms with E-state index in [1.165, 1.54) is 19.2 Å². The summed E-state index contributed by atoms with van der Waals surface area (Å²) < 4.78 is 23.7. The molecule has 0 bridgehead atoms. The molecular weight excluding hydrogens is 297 g/mol. The predicted octanol–water partition coefficient (Wildman–Crippen LogP) is 2.96. The number of fused-ring (bicyclic) bond motifs is 1. The molecular formula is C18H16FNO3. The Bertz CT molecular complexity index is 774. The van der Waals surface area contributed by atoms with Gasteiger partial charge in [-0.25, -0.2) is 9.18 Å². The van der Waals surface area contributed by atoms with Gasteiger partial charge >= 0.3 is 5.97 Å². The molecule has 118 valence electrons. The van der Waals surface area contributed by atoms with Crippen LogP contribution in [0.2, 0.25) is 0 Å². The van der Waals surface area contributed by atoms with E-state index in [0.717, 1.165) is 5.57 Å². The molecule has 1 aromatic rings. The van der Waals surface area contributed by atoms with Crippen molar-refractivity contribution in [1.82, 2.24) is 0 Å². The maximum Gasteiger partial charge on any atom is 0.333 e. The molecule has 3 rings (SSSR count). The molecule has 1 atom stereocenters. The van der Waals surface area contributed by atoms with Gasteiger partial charge in [0.05, 0.1) is 26.0 Å². The predicted molar refractivity (Wildman–Crippen MR) is 84.6 cm³/mol. The molecule has 0 N–H and O–H groups in total. The van der Waals surface area contributed by atoms with E-state index in [1.807, 2.05) is 6.08 Å². The molecule has 0 saturated carbocycles. The third kappa shape index (κ3) is 2.95. The minimum atomic E-state index is -0.365. The lowest BCUT2D eigenvalue weighted by Gasteiger charge is -2.26. The lowest BCUT2D eigenvalue weighted by Crippen LogP contribution is -2.24. The van der Waals surface area contributed by atoms with Crippen LogP contribution in [0.4, 0.5) is 4.39 Å². The van der Waals surface area contributed by atoms with Crippen LogP contribution in [0.3, 0.4) is 0 Å². The summed E-state index contributed by atoms with van der Waals surface area (Å²) in [6.07, 6.45) is 5.76. The molecule has 2 aliphatic rings. The van der Waals surface area contributed by atoms with Crippen LogP contribution in [0, 0.1) is 5.82 Å². The largest absolute Gasteiger partial charge is 0.496 e. The summed E-state index contributed by atoms with van der Waals surface area (Å²) in [5.74, 6) is -0.0153. The second kappa shape index (κ2) is 6.20. The van der Waals surface area contributed by atoms with Gasteiger partial charge < -0.3 is 9.47 Å². The molecule has 23 heavy (non-hydrogen) atoms. The van der Waals surface area contributed by atoms with Crippen LogP contribution in [0.25, 0.3) is 0 Å². The van der Waals surface area contributed by atoms with Crippen LogP contribution < -0.4 is 0 Å². The van der Waals surface area contributed by atoms with E-state index in [1.54, 1.807) is 31.4 Å².